The van der Waals surface area contributed by atoms with Gasteiger partial charge in [0.25, 0.3) is 5.95 Å². The van der Waals surface area contributed by atoms with Crippen molar-refractivity contribution >= 4 is 84.7 Å². The number of rotatable bonds is 9. The minimum atomic E-state index is -2.69. The maximum atomic E-state index is 5.87. The van der Waals surface area contributed by atoms with Gasteiger partial charge in [0, 0.05) is 43.4 Å². The second-order valence-electron chi connectivity index (χ2n) is 12.2. The number of pyridine rings is 1. The quantitative estimate of drug-likeness (QED) is 0.109. The van der Waals surface area contributed by atoms with Crippen molar-refractivity contribution in [1.82, 2.24) is 15.0 Å². The highest BCUT2D eigenvalue weighted by Crippen LogP contribution is 2.52. The van der Waals surface area contributed by atoms with E-state index in [2.05, 4.69) is 186 Å². The van der Waals surface area contributed by atoms with E-state index in [9.17, 15) is 0 Å². The Balaban J connectivity index is 1.54. The van der Waals surface area contributed by atoms with E-state index in [4.69, 9.17) is 24.4 Å². The lowest BCUT2D eigenvalue weighted by atomic mass is 10.2. The molecule has 0 amide bonds. The van der Waals surface area contributed by atoms with Gasteiger partial charge < -0.3 is 0 Å². The number of fused-ring (bicyclic) bond motifs is 1. The summed E-state index contributed by atoms with van der Waals surface area (Å²) in [7, 11) is -5.37. The summed E-state index contributed by atoms with van der Waals surface area (Å²) in [6.45, 7) is 0. The molecule has 0 aliphatic carbocycles. The molecule has 0 saturated heterocycles. The van der Waals surface area contributed by atoms with E-state index in [0.29, 0.717) is 22.7 Å². The van der Waals surface area contributed by atoms with Crippen molar-refractivity contribution in [3.05, 3.63) is 200 Å². The number of halogens is 1. The SMILES string of the molecule is BrCc1cnc2nc(N=P(c3ccccc3)(c3ccccc3)c3ccccc3)nc(N=P(c3ccccc3)(c3ccccc3)c3ccccc3)c2c1. The predicted molar refractivity (Wildman–Crippen MR) is 224 cm³/mol. The Kier molecular flexibility index (Phi) is 9.87. The summed E-state index contributed by atoms with van der Waals surface area (Å²) in [6, 6.07) is 65.5. The Morgan fingerprint density at radius 3 is 1.13 bits per heavy atom. The molecule has 0 fully saturated rings. The summed E-state index contributed by atoms with van der Waals surface area (Å²) >= 11 is 3.65. The van der Waals surface area contributed by atoms with E-state index in [-0.39, 0.29) is 0 Å². The van der Waals surface area contributed by atoms with Crippen LogP contribution in [0.1, 0.15) is 5.56 Å². The Morgan fingerprint density at radius 1 is 0.442 bits per heavy atom. The first-order valence-corrected chi connectivity index (χ1v) is 21.6. The number of benzene rings is 6. The van der Waals surface area contributed by atoms with Crippen molar-refractivity contribution in [2.45, 2.75) is 5.33 Å². The molecule has 52 heavy (non-hydrogen) atoms. The standard InChI is InChI=1S/C44H34BrN5P2/c45-32-34-31-41-42(46-33-34)47-44(50-52(38-25-13-4-14-26-38,39-27-15-5-16-28-39)40-29-17-6-18-30-40)48-43(41)49-51(35-19-7-1-8-20-35,36-21-9-2-10-22-36)37-23-11-3-12-24-37/h1-31,33H,32H2. The van der Waals surface area contributed by atoms with Crippen molar-refractivity contribution in [3.63, 3.8) is 0 Å². The summed E-state index contributed by atoms with van der Waals surface area (Å²) in [4.78, 5) is 15.3. The van der Waals surface area contributed by atoms with Crippen LogP contribution in [0, 0.1) is 0 Å². The fraction of sp³-hybridized carbons (Fsp3) is 0.0227. The predicted octanol–water partition coefficient (Wildman–Crippen LogP) is 9.54. The third kappa shape index (κ3) is 6.39. The van der Waals surface area contributed by atoms with Crippen LogP contribution in [-0.4, -0.2) is 15.0 Å². The number of aromatic nitrogens is 3. The Bertz CT molecular complexity index is 2350. The maximum absolute atomic E-state index is 5.87. The second-order valence-corrected chi connectivity index (χ2v) is 18.8. The van der Waals surface area contributed by atoms with Gasteiger partial charge in [-0.2, -0.15) is 9.97 Å². The molecular formula is C44H34BrN5P2. The number of hydrogen-bond acceptors (Lipinski definition) is 5. The van der Waals surface area contributed by atoms with Gasteiger partial charge in [-0.3, -0.25) is 0 Å². The molecule has 0 spiro atoms. The fourth-order valence-electron chi connectivity index (χ4n) is 6.60. The monoisotopic (exact) mass is 773 g/mol. The van der Waals surface area contributed by atoms with Gasteiger partial charge in [0.15, 0.2) is 11.5 Å². The second kappa shape index (κ2) is 15.2. The van der Waals surface area contributed by atoms with Gasteiger partial charge in [-0.15, -0.1) is 0 Å². The number of alkyl halides is 1. The molecule has 0 saturated carbocycles. The molecular weight excluding hydrogens is 740 g/mol. The number of hydrogen-bond donors (Lipinski definition) is 0. The normalized spacial score (nSPS) is 11.6. The zero-order chi connectivity index (χ0) is 35.2. The maximum Gasteiger partial charge on any atom is 0.253 e. The average Bonchev–Trinajstić information content (AvgIpc) is 3.23. The molecule has 8 aromatic rings. The number of nitrogens with zero attached hydrogens (tertiary/aromatic N) is 5. The van der Waals surface area contributed by atoms with Crippen LogP contribution in [0.25, 0.3) is 11.0 Å². The summed E-state index contributed by atoms with van der Waals surface area (Å²) < 4.78 is 11.6. The van der Waals surface area contributed by atoms with E-state index in [1.54, 1.807) is 0 Å². The van der Waals surface area contributed by atoms with Gasteiger partial charge in [0.2, 0.25) is 0 Å². The first kappa shape index (κ1) is 33.9. The average molecular weight is 775 g/mol. The van der Waals surface area contributed by atoms with E-state index < -0.39 is 14.1 Å². The molecule has 8 heteroatoms. The third-order valence-corrected chi connectivity index (χ3v) is 16.9. The largest absolute Gasteiger partial charge is 0.253 e. The first-order valence-electron chi connectivity index (χ1n) is 17.0. The zero-order valence-electron chi connectivity index (χ0n) is 28.2. The van der Waals surface area contributed by atoms with Crippen molar-refractivity contribution < 1.29 is 0 Å². The first-order chi connectivity index (χ1) is 25.7. The molecule has 0 aliphatic heterocycles. The van der Waals surface area contributed by atoms with Crippen LogP contribution in [0.15, 0.2) is 204 Å². The van der Waals surface area contributed by atoms with Gasteiger partial charge in [-0.05, 0) is 11.6 Å². The highest BCUT2D eigenvalue weighted by molar-refractivity contribution is 9.08. The van der Waals surface area contributed by atoms with Gasteiger partial charge in [-0.1, -0.05) is 198 Å². The molecule has 0 N–H and O–H groups in total. The van der Waals surface area contributed by atoms with E-state index >= 15 is 0 Å². The molecule has 5 nitrogen and oxygen atoms in total. The van der Waals surface area contributed by atoms with Crippen LogP contribution in [0.3, 0.4) is 0 Å². The van der Waals surface area contributed by atoms with Gasteiger partial charge >= 0.3 is 0 Å². The van der Waals surface area contributed by atoms with Crippen molar-refractivity contribution in [2.24, 2.45) is 9.49 Å². The minimum absolute atomic E-state index is 0.350. The molecule has 0 aliphatic rings. The van der Waals surface area contributed by atoms with Crippen LogP contribution < -0.4 is 31.8 Å². The van der Waals surface area contributed by atoms with Crippen molar-refractivity contribution in [1.29, 1.82) is 0 Å². The van der Waals surface area contributed by atoms with Crippen LogP contribution in [0.5, 0.6) is 0 Å². The van der Waals surface area contributed by atoms with Crippen molar-refractivity contribution in [3.8, 4) is 0 Å². The molecule has 0 unspecified atom stereocenters. The van der Waals surface area contributed by atoms with E-state index in [1.807, 2.05) is 24.4 Å². The third-order valence-electron chi connectivity index (χ3n) is 8.99. The van der Waals surface area contributed by atoms with Crippen LogP contribution >= 0.6 is 30.0 Å². The Labute approximate surface area is 312 Å². The highest BCUT2D eigenvalue weighted by Gasteiger charge is 2.30. The summed E-state index contributed by atoms with van der Waals surface area (Å²) in [5.41, 5.74) is 1.57. The van der Waals surface area contributed by atoms with E-state index in [0.717, 1.165) is 42.8 Å². The zero-order valence-corrected chi connectivity index (χ0v) is 31.6. The molecule has 8 rings (SSSR count). The molecule has 6 aromatic carbocycles. The Hall–Kier alpha value is -5.25. The van der Waals surface area contributed by atoms with Gasteiger partial charge in [-0.25, -0.2) is 14.5 Å². The smallest absolute Gasteiger partial charge is 0.236 e. The summed E-state index contributed by atoms with van der Waals surface area (Å²) in [6.07, 6.45) is 1.86. The minimum Gasteiger partial charge on any atom is -0.236 e. The molecule has 2 aromatic heterocycles. The molecule has 0 atom stereocenters. The van der Waals surface area contributed by atoms with Gasteiger partial charge in [0.1, 0.15) is 0 Å². The Morgan fingerprint density at radius 2 is 0.788 bits per heavy atom. The highest BCUT2D eigenvalue weighted by atomic mass is 79.9. The molecule has 252 valence electrons. The van der Waals surface area contributed by atoms with Crippen LogP contribution in [-0.2, 0) is 5.33 Å². The lowest BCUT2D eigenvalue weighted by molar-refractivity contribution is 1.14. The van der Waals surface area contributed by atoms with Crippen LogP contribution in [0.2, 0.25) is 0 Å². The fourth-order valence-corrected chi connectivity index (χ4v) is 13.8. The van der Waals surface area contributed by atoms with Crippen molar-refractivity contribution in [2.75, 3.05) is 0 Å². The van der Waals surface area contributed by atoms with Gasteiger partial charge in [0.05, 0.1) is 19.5 Å². The topological polar surface area (TPSA) is 63.4 Å². The lowest BCUT2D eigenvalue weighted by Crippen LogP contribution is -2.25. The summed E-state index contributed by atoms with van der Waals surface area (Å²) in [5, 5.41) is 8.13. The van der Waals surface area contributed by atoms with Crippen LogP contribution in [0.4, 0.5) is 11.8 Å². The summed E-state index contributed by atoms with van der Waals surface area (Å²) in [5.74, 6) is 0.916. The van der Waals surface area contributed by atoms with E-state index in [1.165, 1.54) is 0 Å². The lowest BCUT2D eigenvalue weighted by Gasteiger charge is -2.27. The molecule has 0 bridgehead atoms. The molecule has 2 heterocycles. The molecule has 0 radical (unpaired) electrons.